The Labute approximate surface area is 116 Å². The summed E-state index contributed by atoms with van der Waals surface area (Å²) in [4.78, 5) is 12.4. The zero-order chi connectivity index (χ0) is 13.1. The van der Waals surface area contributed by atoms with E-state index in [0.29, 0.717) is 11.9 Å². The Morgan fingerprint density at radius 1 is 1.32 bits per heavy atom. The van der Waals surface area contributed by atoms with E-state index >= 15 is 0 Å². The van der Waals surface area contributed by atoms with Crippen LogP contribution in [-0.2, 0) is 0 Å². The predicted octanol–water partition coefficient (Wildman–Crippen LogP) is 2.31. The third kappa shape index (κ3) is 3.41. The van der Waals surface area contributed by atoms with Crippen LogP contribution in [0.15, 0.2) is 18.5 Å². The third-order valence-electron chi connectivity index (χ3n) is 3.07. The second-order valence-electron chi connectivity index (χ2n) is 4.69. The summed E-state index contributed by atoms with van der Waals surface area (Å²) in [5, 5.41) is 7.43. The fraction of sp³-hybridized carbons (Fsp3) is 0.500. The summed E-state index contributed by atoms with van der Waals surface area (Å²) in [5.41, 5.74) is 0. The lowest BCUT2D eigenvalue weighted by atomic mass is 10.2. The highest BCUT2D eigenvalue weighted by Gasteiger charge is 2.20. The van der Waals surface area contributed by atoms with E-state index in [4.69, 9.17) is 11.6 Å². The number of halogens is 1. The van der Waals surface area contributed by atoms with Crippen LogP contribution in [0.25, 0.3) is 5.95 Å². The molecule has 0 aliphatic heterocycles. The maximum atomic E-state index is 5.90. The van der Waals surface area contributed by atoms with E-state index in [9.17, 15) is 0 Å². The van der Waals surface area contributed by atoms with E-state index < -0.39 is 0 Å². The van der Waals surface area contributed by atoms with Crippen molar-refractivity contribution in [2.75, 3.05) is 11.9 Å². The Hall–Kier alpha value is -1.69. The molecule has 1 fully saturated rings. The van der Waals surface area contributed by atoms with Crippen molar-refractivity contribution in [2.24, 2.45) is 5.92 Å². The molecule has 1 N–H and O–H groups in total. The number of rotatable bonds is 6. The molecular formula is C12H15ClN6. The summed E-state index contributed by atoms with van der Waals surface area (Å²) in [5.74, 6) is 1.87. The molecule has 0 spiro atoms. The number of hydrogen-bond donors (Lipinski definition) is 1. The molecule has 19 heavy (non-hydrogen) atoms. The van der Waals surface area contributed by atoms with E-state index in [1.807, 2.05) is 0 Å². The number of aromatic nitrogens is 5. The van der Waals surface area contributed by atoms with Crippen LogP contribution in [0.1, 0.15) is 25.7 Å². The molecule has 7 heteroatoms. The van der Waals surface area contributed by atoms with Crippen LogP contribution in [0, 0.1) is 5.92 Å². The second-order valence-corrected chi connectivity index (χ2v) is 5.03. The van der Waals surface area contributed by atoms with Gasteiger partial charge in [-0.1, -0.05) is 12.8 Å². The number of nitrogens with zero attached hydrogens (tertiary/aromatic N) is 5. The van der Waals surface area contributed by atoms with Gasteiger partial charge in [0.2, 0.25) is 11.2 Å². The van der Waals surface area contributed by atoms with Crippen LogP contribution in [0.5, 0.6) is 0 Å². The van der Waals surface area contributed by atoms with Crippen molar-refractivity contribution in [1.29, 1.82) is 0 Å². The molecule has 0 aromatic carbocycles. The van der Waals surface area contributed by atoms with Gasteiger partial charge in [-0.3, -0.25) is 0 Å². The van der Waals surface area contributed by atoms with Gasteiger partial charge in [0, 0.05) is 18.9 Å². The molecule has 1 aliphatic carbocycles. The van der Waals surface area contributed by atoms with Crippen molar-refractivity contribution < 1.29 is 0 Å². The van der Waals surface area contributed by atoms with Crippen LogP contribution in [-0.4, -0.2) is 31.3 Å². The Kier molecular flexibility index (Phi) is 3.59. The molecule has 0 atom stereocenters. The van der Waals surface area contributed by atoms with Crippen LogP contribution in [0.2, 0.25) is 5.28 Å². The first-order valence-corrected chi connectivity index (χ1v) is 6.84. The summed E-state index contributed by atoms with van der Waals surface area (Å²) in [7, 11) is 0. The zero-order valence-corrected chi connectivity index (χ0v) is 11.2. The van der Waals surface area contributed by atoms with Crippen LogP contribution >= 0.6 is 11.6 Å². The topological polar surface area (TPSA) is 68.5 Å². The summed E-state index contributed by atoms with van der Waals surface area (Å²) < 4.78 is 1.56. The lowest BCUT2D eigenvalue weighted by molar-refractivity contribution is 0.684. The Bertz CT molecular complexity index is 537. The maximum absolute atomic E-state index is 5.90. The molecular weight excluding hydrogens is 264 g/mol. The maximum Gasteiger partial charge on any atom is 0.256 e. The van der Waals surface area contributed by atoms with E-state index in [0.717, 1.165) is 18.9 Å². The first-order chi connectivity index (χ1) is 9.31. The first-order valence-electron chi connectivity index (χ1n) is 6.47. The van der Waals surface area contributed by atoms with E-state index in [2.05, 4.69) is 25.4 Å². The van der Waals surface area contributed by atoms with Crippen molar-refractivity contribution in [3.8, 4) is 5.95 Å². The zero-order valence-electron chi connectivity index (χ0n) is 10.5. The quantitative estimate of drug-likeness (QED) is 0.821. The molecule has 1 aliphatic rings. The van der Waals surface area contributed by atoms with E-state index in [1.54, 1.807) is 23.1 Å². The predicted molar refractivity (Wildman–Crippen MR) is 72.4 cm³/mol. The van der Waals surface area contributed by atoms with Gasteiger partial charge in [0.05, 0.1) is 0 Å². The number of anilines is 1. The van der Waals surface area contributed by atoms with Crippen LogP contribution < -0.4 is 5.32 Å². The lowest BCUT2D eigenvalue weighted by Gasteiger charge is -2.06. The molecule has 1 saturated carbocycles. The SMILES string of the molecule is Clc1nc(NCCCC2CC2)nc(-n2cccn2)n1. The molecule has 2 heterocycles. The second kappa shape index (κ2) is 5.52. The minimum absolute atomic E-state index is 0.171. The fourth-order valence-electron chi connectivity index (χ4n) is 1.91. The summed E-state index contributed by atoms with van der Waals surface area (Å²) in [6.45, 7) is 0.857. The molecule has 0 saturated heterocycles. The van der Waals surface area contributed by atoms with Crippen LogP contribution in [0.4, 0.5) is 5.95 Å². The Balaban J connectivity index is 1.63. The largest absolute Gasteiger partial charge is 0.354 e. The van der Waals surface area contributed by atoms with Crippen molar-refractivity contribution >= 4 is 17.5 Å². The highest BCUT2D eigenvalue weighted by molar-refractivity contribution is 6.28. The minimum Gasteiger partial charge on any atom is -0.354 e. The standard InChI is InChI=1S/C12H15ClN6/c13-10-16-11(14-6-1-3-9-4-5-9)18-12(17-10)19-8-2-7-15-19/h2,7-9H,1,3-6H2,(H,14,16,17,18). The van der Waals surface area contributed by atoms with Gasteiger partial charge in [-0.2, -0.15) is 20.1 Å². The first kappa shape index (κ1) is 12.3. The average molecular weight is 279 g/mol. The number of nitrogens with one attached hydrogen (secondary N) is 1. The normalized spacial score (nSPS) is 14.6. The Morgan fingerprint density at radius 2 is 2.21 bits per heavy atom. The highest BCUT2D eigenvalue weighted by atomic mass is 35.5. The molecule has 3 rings (SSSR count). The summed E-state index contributed by atoms with van der Waals surface area (Å²) in [6, 6.07) is 1.81. The Morgan fingerprint density at radius 3 is 2.95 bits per heavy atom. The molecule has 0 unspecified atom stereocenters. The molecule has 100 valence electrons. The summed E-state index contributed by atoms with van der Waals surface area (Å²) in [6.07, 6.45) is 8.62. The average Bonchev–Trinajstić information content (AvgIpc) is 3.05. The molecule has 0 amide bonds. The fourth-order valence-corrected chi connectivity index (χ4v) is 2.06. The van der Waals surface area contributed by atoms with Gasteiger partial charge in [0.1, 0.15) is 0 Å². The van der Waals surface area contributed by atoms with Gasteiger partial charge in [-0.05, 0) is 36.4 Å². The van der Waals surface area contributed by atoms with Gasteiger partial charge < -0.3 is 5.32 Å². The molecule has 6 nitrogen and oxygen atoms in total. The molecule has 0 bridgehead atoms. The van der Waals surface area contributed by atoms with Crippen molar-refractivity contribution in [2.45, 2.75) is 25.7 Å². The molecule has 2 aromatic rings. The third-order valence-corrected chi connectivity index (χ3v) is 3.24. The smallest absolute Gasteiger partial charge is 0.256 e. The van der Waals surface area contributed by atoms with Crippen LogP contribution in [0.3, 0.4) is 0 Å². The number of hydrogen-bond acceptors (Lipinski definition) is 5. The van der Waals surface area contributed by atoms with E-state index in [1.165, 1.54) is 19.3 Å². The van der Waals surface area contributed by atoms with Gasteiger partial charge in [-0.15, -0.1) is 0 Å². The highest BCUT2D eigenvalue weighted by Crippen LogP contribution is 2.33. The minimum atomic E-state index is 0.171. The lowest BCUT2D eigenvalue weighted by Crippen LogP contribution is -2.10. The van der Waals surface area contributed by atoms with Gasteiger partial charge >= 0.3 is 0 Å². The molecule has 2 aromatic heterocycles. The van der Waals surface area contributed by atoms with Crippen molar-refractivity contribution in [3.63, 3.8) is 0 Å². The van der Waals surface area contributed by atoms with Crippen molar-refractivity contribution in [1.82, 2.24) is 24.7 Å². The van der Waals surface area contributed by atoms with Gasteiger partial charge in [0.25, 0.3) is 5.95 Å². The summed E-state index contributed by atoms with van der Waals surface area (Å²) >= 11 is 5.90. The van der Waals surface area contributed by atoms with Gasteiger partial charge in [-0.25, -0.2) is 4.68 Å². The molecule has 0 radical (unpaired) electrons. The van der Waals surface area contributed by atoms with E-state index in [-0.39, 0.29) is 5.28 Å². The van der Waals surface area contributed by atoms with Gasteiger partial charge in [0.15, 0.2) is 0 Å². The monoisotopic (exact) mass is 278 g/mol. The van der Waals surface area contributed by atoms with Crippen molar-refractivity contribution in [3.05, 3.63) is 23.7 Å².